The number of thioether (sulfide) groups is 1. The van der Waals surface area contributed by atoms with Crippen LogP contribution < -0.4 is 5.32 Å². The Labute approximate surface area is 107 Å². The molecule has 1 unspecified atom stereocenters. The predicted molar refractivity (Wildman–Crippen MR) is 71.1 cm³/mol. The van der Waals surface area contributed by atoms with Gasteiger partial charge in [-0.2, -0.15) is 0 Å². The third-order valence-electron chi connectivity index (χ3n) is 2.23. The van der Waals surface area contributed by atoms with E-state index >= 15 is 0 Å². The van der Waals surface area contributed by atoms with Crippen LogP contribution in [0, 0.1) is 0 Å². The van der Waals surface area contributed by atoms with Crippen LogP contribution >= 0.6 is 11.8 Å². The van der Waals surface area contributed by atoms with Crippen LogP contribution in [0.1, 0.15) is 19.8 Å². The van der Waals surface area contributed by atoms with Gasteiger partial charge in [-0.25, -0.2) is 0 Å². The third kappa shape index (κ3) is 7.02. The number of benzene rings is 1. The summed E-state index contributed by atoms with van der Waals surface area (Å²) >= 11 is 1.72. The van der Waals surface area contributed by atoms with Gasteiger partial charge in [-0.3, -0.25) is 4.79 Å². The summed E-state index contributed by atoms with van der Waals surface area (Å²) in [5.74, 6) is 0.879. The molecule has 0 saturated carbocycles. The molecule has 17 heavy (non-hydrogen) atoms. The van der Waals surface area contributed by atoms with Gasteiger partial charge in [0.15, 0.2) is 0 Å². The van der Waals surface area contributed by atoms with Gasteiger partial charge in [0.05, 0.1) is 6.10 Å². The van der Waals surface area contributed by atoms with E-state index in [1.54, 1.807) is 18.7 Å². The molecular formula is C13H19NO2S. The standard InChI is InChI=1S/C13H19NO2S/c1-11(15)7-8-13(16)14-9-10-17-12-5-3-2-4-6-12/h2-6,11,15H,7-10H2,1H3,(H,14,16). The first-order chi connectivity index (χ1) is 8.18. The molecule has 0 saturated heterocycles. The number of carbonyl (C=O) groups excluding carboxylic acids is 1. The van der Waals surface area contributed by atoms with E-state index in [9.17, 15) is 4.79 Å². The Bertz CT molecular complexity index is 327. The lowest BCUT2D eigenvalue weighted by atomic mass is 10.2. The summed E-state index contributed by atoms with van der Waals surface area (Å²) < 4.78 is 0. The summed E-state index contributed by atoms with van der Waals surface area (Å²) in [4.78, 5) is 12.5. The van der Waals surface area contributed by atoms with Crippen LogP contribution in [0.4, 0.5) is 0 Å². The molecule has 0 aromatic heterocycles. The average Bonchev–Trinajstić information content (AvgIpc) is 2.33. The number of carbonyl (C=O) groups is 1. The predicted octanol–water partition coefficient (Wildman–Crippen LogP) is 2.06. The highest BCUT2D eigenvalue weighted by molar-refractivity contribution is 7.99. The molecule has 1 atom stereocenters. The fourth-order valence-electron chi connectivity index (χ4n) is 1.30. The van der Waals surface area contributed by atoms with Crippen molar-refractivity contribution in [1.82, 2.24) is 5.32 Å². The van der Waals surface area contributed by atoms with E-state index in [1.807, 2.05) is 18.2 Å². The zero-order chi connectivity index (χ0) is 12.5. The van der Waals surface area contributed by atoms with Gasteiger partial charge < -0.3 is 10.4 Å². The van der Waals surface area contributed by atoms with Crippen molar-refractivity contribution in [2.24, 2.45) is 0 Å². The molecular weight excluding hydrogens is 234 g/mol. The summed E-state index contributed by atoms with van der Waals surface area (Å²) in [6.45, 7) is 2.36. The van der Waals surface area contributed by atoms with Gasteiger partial charge >= 0.3 is 0 Å². The Morgan fingerprint density at radius 1 is 1.41 bits per heavy atom. The summed E-state index contributed by atoms with van der Waals surface area (Å²) in [5.41, 5.74) is 0. The van der Waals surface area contributed by atoms with Gasteiger partial charge in [0.2, 0.25) is 5.91 Å². The maximum atomic E-state index is 11.3. The molecule has 3 nitrogen and oxygen atoms in total. The molecule has 4 heteroatoms. The lowest BCUT2D eigenvalue weighted by molar-refractivity contribution is -0.121. The van der Waals surface area contributed by atoms with Crippen LogP contribution in [0.25, 0.3) is 0 Å². The van der Waals surface area contributed by atoms with Crippen molar-refractivity contribution in [2.75, 3.05) is 12.3 Å². The van der Waals surface area contributed by atoms with E-state index in [2.05, 4.69) is 17.4 Å². The second kappa shape index (κ2) is 8.14. The van der Waals surface area contributed by atoms with Crippen molar-refractivity contribution in [2.45, 2.75) is 30.8 Å². The van der Waals surface area contributed by atoms with Crippen LogP contribution in [-0.4, -0.2) is 29.4 Å². The smallest absolute Gasteiger partial charge is 0.220 e. The summed E-state index contributed by atoms with van der Waals surface area (Å²) in [6.07, 6.45) is 0.519. The molecule has 94 valence electrons. The molecule has 0 spiro atoms. The zero-order valence-electron chi connectivity index (χ0n) is 10.1. The van der Waals surface area contributed by atoms with Gasteiger partial charge in [0.25, 0.3) is 0 Å². The summed E-state index contributed by atoms with van der Waals surface area (Å²) in [5, 5.41) is 11.9. The van der Waals surface area contributed by atoms with Crippen molar-refractivity contribution in [3.05, 3.63) is 30.3 Å². The molecule has 1 aromatic rings. The number of amides is 1. The molecule has 0 fully saturated rings. The highest BCUT2D eigenvalue weighted by atomic mass is 32.2. The van der Waals surface area contributed by atoms with Crippen molar-refractivity contribution in [3.8, 4) is 0 Å². The largest absolute Gasteiger partial charge is 0.393 e. The quantitative estimate of drug-likeness (QED) is 0.577. The topological polar surface area (TPSA) is 49.3 Å². The maximum absolute atomic E-state index is 11.3. The van der Waals surface area contributed by atoms with Crippen LogP contribution in [0.2, 0.25) is 0 Å². The average molecular weight is 253 g/mol. The molecule has 0 aliphatic heterocycles. The second-order valence-electron chi connectivity index (χ2n) is 3.90. The van der Waals surface area contributed by atoms with Crippen molar-refractivity contribution < 1.29 is 9.90 Å². The number of hydrogen-bond donors (Lipinski definition) is 2. The van der Waals surface area contributed by atoms with Gasteiger partial charge in [-0.15, -0.1) is 11.8 Å². The fraction of sp³-hybridized carbons (Fsp3) is 0.462. The highest BCUT2D eigenvalue weighted by Gasteiger charge is 2.03. The van der Waals surface area contributed by atoms with Crippen LogP contribution in [-0.2, 0) is 4.79 Å². The van der Waals surface area contributed by atoms with E-state index in [0.29, 0.717) is 19.4 Å². The van der Waals surface area contributed by atoms with Crippen LogP contribution in [0.3, 0.4) is 0 Å². The SMILES string of the molecule is CC(O)CCC(=O)NCCSc1ccccc1. The fourth-order valence-corrected chi connectivity index (χ4v) is 2.09. The van der Waals surface area contributed by atoms with Crippen LogP contribution in [0.15, 0.2) is 35.2 Å². The monoisotopic (exact) mass is 253 g/mol. The van der Waals surface area contributed by atoms with Crippen molar-refractivity contribution in [3.63, 3.8) is 0 Å². The molecule has 0 bridgehead atoms. The first-order valence-corrected chi connectivity index (χ1v) is 6.79. The third-order valence-corrected chi connectivity index (χ3v) is 3.24. The second-order valence-corrected chi connectivity index (χ2v) is 5.07. The van der Waals surface area contributed by atoms with E-state index in [-0.39, 0.29) is 5.91 Å². The summed E-state index contributed by atoms with van der Waals surface area (Å²) in [7, 11) is 0. The molecule has 2 N–H and O–H groups in total. The van der Waals surface area contributed by atoms with E-state index in [1.165, 1.54) is 4.90 Å². The first kappa shape index (κ1) is 14.1. The molecule has 0 heterocycles. The molecule has 0 radical (unpaired) electrons. The Morgan fingerprint density at radius 3 is 2.76 bits per heavy atom. The number of aliphatic hydroxyl groups is 1. The number of hydrogen-bond acceptors (Lipinski definition) is 3. The van der Waals surface area contributed by atoms with Crippen LogP contribution in [0.5, 0.6) is 0 Å². The maximum Gasteiger partial charge on any atom is 0.220 e. The Hall–Kier alpha value is -1.00. The zero-order valence-corrected chi connectivity index (χ0v) is 10.9. The van der Waals surface area contributed by atoms with E-state index in [4.69, 9.17) is 5.11 Å². The van der Waals surface area contributed by atoms with Crippen molar-refractivity contribution >= 4 is 17.7 Å². The van der Waals surface area contributed by atoms with Gasteiger partial charge in [-0.1, -0.05) is 18.2 Å². The number of nitrogens with one attached hydrogen (secondary N) is 1. The molecule has 1 rings (SSSR count). The minimum Gasteiger partial charge on any atom is -0.393 e. The first-order valence-electron chi connectivity index (χ1n) is 5.81. The lowest BCUT2D eigenvalue weighted by Crippen LogP contribution is -2.26. The Morgan fingerprint density at radius 2 is 2.12 bits per heavy atom. The Balaban J connectivity index is 2.06. The Kier molecular flexibility index (Phi) is 6.74. The minimum absolute atomic E-state index is 0.0135. The van der Waals surface area contributed by atoms with Gasteiger partial charge in [-0.05, 0) is 25.5 Å². The molecule has 0 aliphatic rings. The molecule has 0 aliphatic carbocycles. The lowest BCUT2D eigenvalue weighted by Gasteiger charge is -2.06. The molecule has 1 aromatic carbocycles. The number of rotatable bonds is 7. The number of aliphatic hydroxyl groups excluding tert-OH is 1. The van der Waals surface area contributed by atoms with Gasteiger partial charge in [0.1, 0.15) is 0 Å². The normalized spacial score (nSPS) is 12.1. The highest BCUT2D eigenvalue weighted by Crippen LogP contribution is 2.15. The van der Waals surface area contributed by atoms with Crippen molar-refractivity contribution in [1.29, 1.82) is 0 Å². The van der Waals surface area contributed by atoms with Gasteiger partial charge in [0, 0.05) is 23.6 Å². The summed E-state index contributed by atoms with van der Waals surface area (Å²) in [6, 6.07) is 10.1. The minimum atomic E-state index is -0.403. The molecule has 1 amide bonds. The van der Waals surface area contributed by atoms with E-state index < -0.39 is 6.10 Å². The van der Waals surface area contributed by atoms with E-state index in [0.717, 1.165) is 5.75 Å².